The van der Waals surface area contributed by atoms with Crippen molar-refractivity contribution in [2.24, 2.45) is 5.92 Å². The molecule has 0 amide bonds. The van der Waals surface area contributed by atoms with Gasteiger partial charge in [0.1, 0.15) is 0 Å². The third-order valence-corrected chi connectivity index (χ3v) is 1.79. The molecule has 1 radical (unpaired) electrons. The molecule has 0 aromatic heterocycles. The van der Waals surface area contributed by atoms with Crippen LogP contribution in [0.1, 0.15) is 12.8 Å². The van der Waals surface area contributed by atoms with Crippen molar-refractivity contribution in [3.63, 3.8) is 0 Å². The first-order valence-electron chi connectivity index (χ1n) is 3.08. The maximum Gasteiger partial charge on any atom is 0.158 e. The number of Topliss-reactive ketones (excluding diaryl/α,β-unsaturated/α-hetero) is 1. The van der Waals surface area contributed by atoms with E-state index in [0.29, 0.717) is 12.0 Å². The zero-order valence-electron chi connectivity index (χ0n) is 5.84. The van der Waals surface area contributed by atoms with Gasteiger partial charge in [-0.3, -0.25) is 4.79 Å². The summed E-state index contributed by atoms with van der Waals surface area (Å²) in [4.78, 5) is 10.7. The Kier molecular flexibility index (Phi) is 5.02. The van der Waals surface area contributed by atoms with Gasteiger partial charge in [-0.25, -0.2) is 0 Å². The molecule has 1 fully saturated rings. The van der Waals surface area contributed by atoms with Crippen molar-refractivity contribution in [1.82, 2.24) is 0 Å². The monoisotopic (exact) mass is 353 g/mol. The summed E-state index contributed by atoms with van der Waals surface area (Å²) in [6.07, 6.45) is 1.36. The second-order valence-corrected chi connectivity index (χ2v) is 2.37. The van der Waals surface area contributed by atoms with Crippen LogP contribution < -0.4 is 0 Å². The quantitative estimate of drug-likeness (QED) is 0.698. The van der Waals surface area contributed by atoms with E-state index in [1.807, 2.05) is 0 Å². The first kappa shape index (κ1) is 10.8. The van der Waals surface area contributed by atoms with Crippen LogP contribution >= 0.6 is 0 Å². The summed E-state index contributed by atoms with van der Waals surface area (Å²) in [5.41, 5.74) is 0.609. The molecule has 1 aliphatic carbocycles. The molecule has 1 N–H and O–H groups in total. The third kappa shape index (κ3) is 2.15. The number of aliphatic hydroxyl groups is 1. The van der Waals surface area contributed by atoms with Crippen LogP contribution in [0.25, 0.3) is 0 Å². The Hall–Kier alpha value is 0.812. The fourth-order valence-electron chi connectivity index (χ4n) is 1.07. The van der Waals surface area contributed by atoms with Crippen molar-refractivity contribution in [2.45, 2.75) is 12.8 Å². The van der Waals surface area contributed by atoms with E-state index in [-0.39, 0.29) is 62.4 Å². The van der Waals surface area contributed by atoms with E-state index in [2.05, 4.69) is 6.58 Å². The molecule has 53 valence electrons. The van der Waals surface area contributed by atoms with Crippen LogP contribution in [-0.2, 0) is 4.79 Å². The van der Waals surface area contributed by atoms with Gasteiger partial charge >= 0.3 is 0 Å². The molecule has 10 heavy (non-hydrogen) atoms. The van der Waals surface area contributed by atoms with Crippen LogP contribution in [-0.4, -0.2) is 17.5 Å². The zero-order chi connectivity index (χ0) is 6.85. The van der Waals surface area contributed by atoms with Crippen LogP contribution in [0, 0.1) is 50.0 Å². The molecule has 0 aliphatic heterocycles. The predicted molar refractivity (Wildman–Crippen MR) is 34.0 cm³/mol. The normalized spacial score (nSPS) is 24.7. The summed E-state index contributed by atoms with van der Waals surface area (Å²) >= 11 is 0. The van der Waals surface area contributed by atoms with Gasteiger partial charge in [-0.05, 0) is 12.0 Å². The first-order chi connectivity index (χ1) is 4.25. The van der Waals surface area contributed by atoms with E-state index in [9.17, 15) is 4.79 Å². The SMILES string of the molecule is C=C1C(=O)CCC1CO.[Ac]. The summed E-state index contributed by atoms with van der Waals surface area (Å²) in [5.74, 6) is 0.173. The van der Waals surface area contributed by atoms with Crippen molar-refractivity contribution < 1.29 is 54.0 Å². The van der Waals surface area contributed by atoms with Gasteiger partial charge in [0, 0.05) is 56.4 Å². The molecule has 0 heterocycles. The second-order valence-electron chi connectivity index (χ2n) is 2.37. The molecule has 0 saturated heterocycles. The molecular weight excluding hydrogens is 343 g/mol. The first-order valence-corrected chi connectivity index (χ1v) is 3.08. The number of ketones is 1. The molecule has 0 spiro atoms. The maximum absolute atomic E-state index is 10.7. The Bertz CT molecular complexity index is 154. The third-order valence-electron chi connectivity index (χ3n) is 1.79. The fourth-order valence-corrected chi connectivity index (χ4v) is 1.07. The number of hydrogen-bond acceptors (Lipinski definition) is 2. The molecule has 0 aromatic rings. The average molecular weight is 353 g/mol. The topological polar surface area (TPSA) is 37.3 Å². The molecule has 2 nitrogen and oxygen atoms in total. The standard InChI is InChI=1S/C7H10O2.Ac/c1-5-6(4-8)2-3-7(5)9;/h6,8H,1-4H2;. The average Bonchev–Trinajstić information content (AvgIpc) is 2.15. The summed E-state index contributed by atoms with van der Waals surface area (Å²) in [7, 11) is 0. The van der Waals surface area contributed by atoms with Crippen LogP contribution in [0.2, 0.25) is 0 Å². The number of carbonyl (C=O) groups is 1. The van der Waals surface area contributed by atoms with Crippen LogP contribution in [0.5, 0.6) is 0 Å². The van der Waals surface area contributed by atoms with Crippen LogP contribution in [0.3, 0.4) is 0 Å². The van der Waals surface area contributed by atoms with Gasteiger partial charge in [0.25, 0.3) is 0 Å². The summed E-state index contributed by atoms with van der Waals surface area (Å²) in [6.45, 7) is 3.65. The minimum absolute atomic E-state index is 0. The maximum atomic E-state index is 10.7. The Labute approximate surface area is 96.2 Å². The molecule has 0 bridgehead atoms. The molecule has 1 saturated carbocycles. The Morgan fingerprint density at radius 2 is 2.30 bits per heavy atom. The fraction of sp³-hybridized carbons (Fsp3) is 0.571. The molecule has 1 unspecified atom stereocenters. The van der Waals surface area contributed by atoms with Crippen molar-refractivity contribution in [1.29, 1.82) is 0 Å². The van der Waals surface area contributed by atoms with Crippen molar-refractivity contribution >= 4 is 5.78 Å². The molecule has 1 aliphatic rings. The number of aliphatic hydroxyl groups excluding tert-OH is 1. The number of carbonyl (C=O) groups excluding carboxylic acids is 1. The van der Waals surface area contributed by atoms with E-state index in [0.717, 1.165) is 6.42 Å². The van der Waals surface area contributed by atoms with Gasteiger partial charge in [0.05, 0.1) is 6.61 Å². The Balaban J connectivity index is 0.000000810. The van der Waals surface area contributed by atoms with Crippen molar-refractivity contribution in [3.05, 3.63) is 12.2 Å². The van der Waals surface area contributed by atoms with E-state index in [4.69, 9.17) is 5.11 Å². The second kappa shape index (κ2) is 4.64. The van der Waals surface area contributed by atoms with E-state index in [1.54, 1.807) is 0 Å². The van der Waals surface area contributed by atoms with Crippen LogP contribution in [0.15, 0.2) is 12.2 Å². The minimum atomic E-state index is 0. The number of rotatable bonds is 1. The van der Waals surface area contributed by atoms with Gasteiger partial charge < -0.3 is 5.11 Å². The minimum Gasteiger partial charge on any atom is -0.396 e. The van der Waals surface area contributed by atoms with E-state index in [1.165, 1.54) is 0 Å². The van der Waals surface area contributed by atoms with E-state index < -0.39 is 0 Å². The van der Waals surface area contributed by atoms with E-state index >= 15 is 0 Å². The molecular formula is C7H10AcO2. The Morgan fingerprint density at radius 1 is 1.70 bits per heavy atom. The molecule has 0 aromatic carbocycles. The van der Waals surface area contributed by atoms with Crippen molar-refractivity contribution in [2.75, 3.05) is 6.61 Å². The Morgan fingerprint density at radius 3 is 2.50 bits per heavy atom. The van der Waals surface area contributed by atoms with Gasteiger partial charge in [0.15, 0.2) is 5.78 Å². The summed E-state index contributed by atoms with van der Waals surface area (Å²) in [6, 6.07) is 0. The zero-order valence-corrected chi connectivity index (χ0v) is 10.6. The number of hydrogen-bond donors (Lipinski definition) is 1. The van der Waals surface area contributed by atoms with Crippen LogP contribution in [0.4, 0.5) is 0 Å². The predicted octanol–water partition coefficient (Wildman–Crippen LogP) is 0.514. The summed E-state index contributed by atoms with van der Waals surface area (Å²) < 4.78 is 0. The summed E-state index contributed by atoms with van der Waals surface area (Å²) in [5, 5.41) is 8.64. The molecule has 1 rings (SSSR count). The largest absolute Gasteiger partial charge is 0.396 e. The molecule has 1 atom stereocenters. The smallest absolute Gasteiger partial charge is 0.158 e. The van der Waals surface area contributed by atoms with Crippen molar-refractivity contribution in [3.8, 4) is 0 Å². The van der Waals surface area contributed by atoms with Gasteiger partial charge in [-0.2, -0.15) is 0 Å². The van der Waals surface area contributed by atoms with Gasteiger partial charge in [0.2, 0.25) is 0 Å². The molecule has 3 heteroatoms. The van der Waals surface area contributed by atoms with Gasteiger partial charge in [-0.1, -0.05) is 6.58 Å². The van der Waals surface area contributed by atoms with Gasteiger partial charge in [-0.15, -0.1) is 0 Å².